The number of pyridine rings is 1. The number of aromatic nitrogens is 1. The molecule has 3 rings (SSSR count). The quantitative estimate of drug-likeness (QED) is 0.454. The zero-order valence-corrected chi connectivity index (χ0v) is 16.6. The molecule has 1 atom stereocenters. The Morgan fingerprint density at radius 2 is 2.24 bits per heavy atom. The van der Waals surface area contributed by atoms with Crippen LogP contribution in [0, 0.1) is 11.3 Å². The number of halogens is 1. The fourth-order valence-corrected chi connectivity index (χ4v) is 3.39. The Kier molecular flexibility index (Phi) is 5.76. The number of esters is 1. The average molecular weight is 412 g/mol. The molecule has 0 saturated carbocycles. The number of hydrogen-bond donors (Lipinski definition) is 1. The number of nitrogens with zero attached hydrogens (tertiary/aromatic N) is 2. The van der Waals surface area contributed by atoms with Gasteiger partial charge in [-0.1, -0.05) is 24.3 Å². The largest absolute Gasteiger partial charge is 0.497 e. The Labute approximate surface area is 172 Å². The lowest BCUT2D eigenvalue weighted by molar-refractivity contribution is -0.138. The van der Waals surface area contributed by atoms with Crippen molar-refractivity contribution in [3.63, 3.8) is 0 Å². The van der Waals surface area contributed by atoms with E-state index in [1.165, 1.54) is 6.08 Å². The van der Waals surface area contributed by atoms with Gasteiger partial charge in [0.05, 0.1) is 24.1 Å². The Morgan fingerprint density at radius 3 is 2.90 bits per heavy atom. The van der Waals surface area contributed by atoms with Gasteiger partial charge in [-0.3, -0.25) is 0 Å². The smallest absolute Gasteiger partial charge is 0.338 e. The van der Waals surface area contributed by atoms with Crippen molar-refractivity contribution in [1.29, 1.82) is 5.26 Å². The summed E-state index contributed by atoms with van der Waals surface area (Å²) >= 11 is 6.47. The Balaban J connectivity index is 2.21. The van der Waals surface area contributed by atoms with Crippen molar-refractivity contribution >= 4 is 28.5 Å². The predicted octanol–water partition coefficient (Wildman–Crippen LogP) is 3.71. The first-order chi connectivity index (χ1) is 13.9. The van der Waals surface area contributed by atoms with Crippen LogP contribution < -0.4 is 10.5 Å². The Hall–Kier alpha value is -3.50. The molecule has 1 aromatic heterocycles. The average Bonchev–Trinajstić information content (AvgIpc) is 2.70. The lowest BCUT2D eigenvalue weighted by atomic mass is 9.83. The maximum Gasteiger partial charge on any atom is 0.338 e. The lowest BCUT2D eigenvalue weighted by Gasteiger charge is -2.27. The first kappa shape index (κ1) is 20.2. The first-order valence-corrected chi connectivity index (χ1v) is 8.99. The second kappa shape index (κ2) is 8.25. The number of ether oxygens (including phenoxy) is 3. The molecule has 2 N–H and O–H groups in total. The van der Waals surface area contributed by atoms with E-state index >= 15 is 0 Å². The number of rotatable bonds is 5. The molecule has 2 heterocycles. The predicted molar refractivity (Wildman–Crippen MR) is 108 cm³/mol. The van der Waals surface area contributed by atoms with Gasteiger partial charge in [0.2, 0.25) is 5.88 Å². The van der Waals surface area contributed by atoms with E-state index in [0.29, 0.717) is 16.8 Å². The van der Waals surface area contributed by atoms with E-state index in [4.69, 9.17) is 31.5 Å². The lowest BCUT2D eigenvalue weighted by Crippen LogP contribution is -2.26. The van der Waals surface area contributed by atoms with Gasteiger partial charge in [0.1, 0.15) is 34.9 Å². The summed E-state index contributed by atoms with van der Waals surface area (Å²) in [7, 11) is 1.56. The van der Waals surface area contributed by atoms with E-state index in [9.17, 15) is 10.1 Å². The molecular weight excluding hydrogens is 394 g/mol. The van der Waals surface area contributed by atoms with E-state index in [1.807, 2.05) is 12.1 Å². The van der Waals surface area contributed by atoms with Gasteiger partial charge in [0.25, 0.3) is 0 Å². The fourth-order valence-electron chi connectivity index (χ4n) is 3.14. The van der Waals surface area contributed by atoms with Crippen LogP contribution >= 0.6 is 11.6 Å². The number of fused-ring (bicyclic) bond motifs is 1. The molecule has 1 aliphatic heterocycles. The van der Waals surface area contributed by atoms with Gasteiger partial charge in [-0.05, 0) is 25.1 Å². The highest BCUT2D eigenvalue weighted by atomic mass is 35.5. The SMILES string of the molecule is C=CCOC(=O)C1=C(C)OC(N)=C(C#N)[C@@H]1c1cc2ccc(OC)cc2nc1Cl. The molecule has 2 aromatic rings. The molecule has 0 bridgehead atoms. The molecule has 0 unspecified atom stereocenters. The van der Waals surface area contributed by atoms with Crippen LogP contribution in [0.1, 0.15) is 18.4 Å². The third kappa shape index (κ3) is 3.75. The summed E-state index contributed by atoms with van der Waals surface area (Å²) in [6, 6.07) is 9.11. The molecule has 0 radical (unpaired) electrons. The number of nitriles is 1. The molecule has 8 heteroatoms. The van der Waals surface area contributed by atoms with Crippen LogP contribution in [0.25, 0.3) is 10.9 Å². The molecule has 0 saturated heterocycles. The summed E-state index contributed by atoms with van der Waals surface area (Å²) in [4.78, 5) is 17.1. The maximum atomic E-state index is 12.7. The maximum absolute atomic E-state index is 12.7. The van der Waals surface area contributed by atoms with Gasteiger partial charge in [-0.25, -0.2) is 9.78 Å². The van der Waals surface area contributed by atoms with Crippen molar-refractivity contribution in [2.24, 2.45) is 5.73 Å². The summed E-state index contributed by atoms with van der Waals surface area (Å²) < 4.78 is 15.8. The molecule has 0 amide bonds. The molecule has 0 spiro atoms. The second-order valence-electron chi connectivity index (χ2n) is 6.21. The van der Waals surface area contributed by atoms with E-state index in [-0.39, 0.29) is 34.5 Å². The monoisotopic (exact) mass is 411 g/mol. The van der Waals surface area contributed by atoms with Crippen LogP contribution in [-0.4, -0.2) is 24.7 Å². The minimum atomic E-state index is -0.877. The van der Waals surface area contributed by atoms with Crippen LogP contribution in [0.5, 0.6) is 5.75 Å². The molecule has 1 aliphatic rings. The van der Waals surface area contributed by atoms with Gasteiger partial charge < -0.3 is 19.9 Å². The van der Waals surface area contributed by atoms with Gasteiger partial charge in [0.15, 0.2) is 0 Å². The molecule has 0 aliphatic carbocycles. The standard InChI is InChI=1S/C21H18ClN3O4/c1-4-7-28-21(26)17-11(2)29-20(24)15(10-23)18(17)14-8-12-5-6-13(27-3)9-16(12)25-19(14)22/h4-6,8-9,18H,1,7,24H2,2-3H3/t18-/m0/s1. The van der Waals surface area contributed by atoms with Crippen LogP contribution in [0.4, 0.5) is 0 Å². The van der Waals surface area contributed by atoms with Crippen LogP contribution in [0.15, 0.2) is 59.7 Å². The summed E-state index contributed by atoms with van der Waals surface area (Å²) in [6.07, 6.45) is 1.44. The van der Waals surface area contributed by atoms with Gasteiger partial charge in [-0.2, -0.15) is 5.26 Å². The second-order valence-corrected chi connectivity index (χ2v) is 6.57. The van der Waals surface area contributed by atoms with E-state index in [1.54, 1.807) is 32.2 Å². The van der Waals surface area contributed by atoms with Crippen molar-refractivity contribution in [3.8, 4) is 11.8 Å². The van der Waals surface area contributed by atoms with Crippen molar-refractivity contribution in [2.45, 2.75) is 12.8 Å². The normalized spacial score (nSPS) is 16.3. The molecule has 29 heavy (non-hydrogen) atoms. The third-order valence-electron chi connectivity index (χ3n) is 4.47. The highest BCUT2D eigenvalue weighted by Crippen LogP contribution is 2.42. The number of carbonyl (C=O) groups excluding carboxylic acids is 1. The minimum absolute atomic E-state index is 0.00686. The first-order valence-electron chi connectivity index (χ1n) is 8.61. The number of methoxy groups -OCH3 is 1. The van der Waals surface area contributed by atoms with E-state index in [2.05, 4.69) is 11.6 Å². The number of hydrogen-bond acceptors (Lipinski definition) is 7. The molecule has 0 fully saturated rings. The van der Waals surface area contributed by atoms with Crippen LogP contribution in [0.3, 0.4) is 0 Å². The summed E-state index contributed by atoms with van der Waals surface area (Å²) in [5.74, 6) is -0.769. The number of benzene rings is 1. The minimum Gasteiger partial charge on any atom is -0.497 e. The van der Waals surface area contributed by atoms with Gasteiger partial charge >= 0.3 is 5.97 Å². The van der Waals surface area contributed by atoms with Crippen LogP contribution in [0.2, 0.25) is 5.15 Å². The number of carbonyl (C=O) groups is 1. The van der Waals surface area contributed by atoms with Gasteiger partial charge in [-0.15, -0.1) is 0 Å². The molecular formula is C21H18ClN3O4. The summed E-state index contributed by atoms with van der Waals surface area (Å²) in [5, 5.41) is 10.6. The van der Waals surface area contributed by atoms with Gasteiger partial charge in [0, 0.05) is 17.0 Å². The molecule has 1 aromatic carbocycles. The topological polar surface area (TPSA) is 107 Å². The fraction of sp³-hybridized carbons (Fsp3) is 0.190. The number of nitrogens with two attached hydrogens (primary N) is 1. The van der Waals surface area contributed by atoms with Crippen molar-refractivity contribution in [1.82, 2.24) is 4.98 Å². The zero-order chi connectivity index (χ0) is 21.1. The van der Waals surface area contributed by atoms with Crippen molar-refractivity contribution in [2.75, 3.05) is 13.7 Å². The van der Waals surface area contributed by atoms with Crippen LogP contribution in [-0.2, 0) is 14.3 Å². The summed E-state index contributed by atoms with van der Waals surface area (Å²) in [6.45, 7) is 5.11. The van der Waals surface area contributed by atoms with E-state index in [0.717, 1.165) is 5.39 Å². The highest BCUT2D eigenvalue weighted by Gasteiger charge is 2.37. The van der Waals surface area contributed by atoms with Crippen molar-refractivity contribution < 1.29 is 19.0 Å². The zero-order valence-electron chi connectivity index (χ0n) is 15.9. The molecule has 148 valence electrons. The summed E-state index contributed by atoms with van der Waals surface area (Å²) in [5.41, 5.74) is 7.16. The molecule has 7 nitrogen and oxygen atoms in total. The van der Waals surface area contributed by atoms with Crippen molar-refractivity contribution in [3.05, 3.63) is 70.4 Å². The van der Waals surface area contributed by atoms with E-state index < -0.39 is 11.9 Å². The Bertz CT molecular complexity index is 1110. The highest BCUT2D eigenvalue weighted by molar-refractivity contribution is 6.30. The Morgan fingerprint density at radius 1 is 1.48 bits per heavy atom. The number of allylic oxidation sites excluding steroid dienone is 2. The third-order valence-corrected chi connectivity index (χ3v) is 4.78.